The number of ether oxygens (including phenoxy) is 1. The Bertz CT molecular complexity index is 1100. The van der Waals surface area contributed by atoms with E-state index in [1.54, 1.807) is 44.4 Å². The van der Waals surface area contributed by atoms with Crippen molar-refractivity contribution < 1.29 is 22.7 Å². The molecule has 0 aliphatic carbocycles. The van der Waals surface area contributed by atoms with Crippen molar-refractivity contribution in [1.29, 1.82) is 0 Å². The molecule has 0 fully saturated rings. The van der Waals surface area contributed by atoms with Crippen molar-refractivity contribution in [3.63, 3.8) is 0 Å². The van der Waals surface area contributed by atoms with Gasteiger partial charge in [-0.05, 0) is 56.0 Å². The molecule has 0 saturated heterocycles. The predicted molar refractivity (Wildman–Crippen MR) is 139 cm³/mol. The average Bonchev–Trinajstić information content (AvgIpc) is 2.82. The van der Waals surface area contributed by atoms with E-state index in [-0.39, 0.29) is 18.5 Å². The van der Waals surface area contributed by atoms with Crippen LogP contribution in [0.2, 0.25) is 0 Å². The Hall–Kier alpha value is -3.07. The van der Waals surface area contributed by atoms with Crippen molar-refractivity contribution in [2.45, 2.75) is 59.2 Å². The van der Waals surface area contributed by atoms with Crippen molar-refractivity contribution in [2.75, 3.05) is 24.2 Å². The molecule has 0 aliphatic rings. The van der Waals surface area contributed by atoms with Crippen LogP contribution in [0.25, 0.3) is 0 Å². The van der Waals surface area contributed by atoms with Gasteiger partial charge < -0.3 is 15.0 Å². The van der Waals surface area contributed by atoms with Crippen molar-refractivity contribution in [3.8, 4) is 5.75 Å². The second-order valence-electron chi connectivity index (χ2n) is 8.67. The van der Waals surface area contributed by atoms with E-state index in [2.05, 4.69) is 5.32 Å². The Balaban J connectivity index is 2.44. The minimum atomic E-state index is -3.76. The minimum absolute atomic E-state index is 0.0472. The lowest BCUT2D eigenvalue weighted by molar-refractivity contribution is -0.140. The fourth-order valence-corrected chi connectivity index (χ4v) is 4.63. The van der Waals surface area contributed by atoms with Gasteiger partial charge in [-0.15, -0.1) is 0 Å². The van der Waals surface area contributed by atoms with E-state index in [1.165, 1.54) is 4.90 Å². The molecule has 2 amide bonds. The Morgan fingerprint density at radius 3 is 2.17 bits per heavy atom. The number of methoxy groups -OCH3 is 1. The molecule has 9 heteroatoms. The van der Waals surface area contributed by atoms with Gasteiger partial charge in [0.2, 0.25) is 21.8 Å². The first-order valence-electron chi connectivity index (χ1n) is 11.8. The zero-order chi connectivity index (χ0) is 26.2. The molecule has 0 aliphatic heterocycles. The molecule has 35 heavy (non-hydrogen) atoms. The quantitative estimate of drug-likeness (QED) is 0.478. The summed E-state index contributed by atoms with van der Waals surface area (Å²) in [7, 11) is -2.19. The average molecular weight is 504 g/mol. The largest absolute Gasteiger partial charge is 0.497 e. The lowest BCUT2D eigenvalue weighted by atomic mass is 10.1. The van der Waals surface area contributed by atoms with Crippen LogP contribution in [0.15, 0.2) is 48.5 Å². The fraction of sp³-hybridized carbons (Fsp3) is 0.462. The van der Waals surface area contributed by atoms with E-state index in [0.29, 0.717) is 17.9 Å². The molecule has 0 unspecified atom stereocenters. The second kappa shape index (κ2) is 12.6. The molecule has 2 rings (SSSR count). The predicted octanol–water partition coefficient (Wildman–Crippen LogP) is 3.49. The lowest BCUT2D eigenvalue weighted by Gasteiger charge is -2.33. The van der Waals surface area contributed by atoms with Gasteiger partial charge in [-0.3, -0.25) is 13.9 Å². The summed E-state index contributed by atoms with van der Waals surface area (Å²) in [5, 5.41) is 2.96. The van der Waals surface area contributed by atoms with Crippen molar-refractivity contribution >= 4 is 27.5 Å². The zero-order valence-electron chi connectivity index (χ0n) is 21.4. The highest BCUT2D eigenvalue weighted by Gasteiger charge is 2.32. The summed E-state index contributed by atoms with van der Waals surface area (Å²) in [5.74, 6) is -0.0397. The molecule has 192 valence electrons. The third-order valence-corrected chi connectivity index (χ3v) is 7.09. The first-order chi connectivity index (χ1) is 16.5. The molecule has 2 aromatic carbocycles. The third-order valence-electron chi connectivity index (χ3n) is 5.96. The van der Waals surface area contributed by atoms with Crippen LogP contribution in [-0.4, -0.2) is 57.1 Å². The third kappa shape index (κ3) is 7.71. The number of benzene rings is 2. The number of rotatable bonds is 12. The fourth-order valence-electron chi connectivity index (χ4n) is 3.73. The number of hydrogen-bond donors (Lipinski definition) is 1. The van der Waals surface area contributed by atoms with Gasteiger partial charge in [0.15, 0.2) is 0 Å². The molecular weight excluding hydrogens is 466 g/mol. The first kappa shape index (κ1) is 28.2. The molecule has 0 radical (unpaired) electrons. The maximum atomic E-state index is 13.7. The summed E-state index contributed by atoms with van der Waals surface area (Å²) in [4.78, 5) is 28.3. The van der Waals surface area contributed by atoms with Crippen LogP contribution < -0.4 is 14.4 Å². The normalized spacial score (nSPS) is 13.0. The van der Waals surface area contributed by atoms with Crippen LogP contribution in [0, 0.1) is 6.92 Å². The van der Waals surface area contributed by atoms with Gasteiger partial charge in [0.05, 0.1) is 19.1 Å². The number of aryl methyl sites for hydroxylation is 1. The highest BCUT2D eigenvalue weighted by atomic mass is 32.2. The van der Waals surface area contributed by atoms with Gasteiger partial charge in [-0.2, -0.15) is 0 Å². The van der Waals surface area contributed by atoms with Crippen molar-refractivity contribution in [3.05, 3.63) is 59.7 Å². The summed E-state index contributed by atoms with van der Waals surface area (Å²) in [6.07, 6.45) is 2.21. The van der Waals surface area contributed by atoms with Crippen LogP contribution in [0.3, 0.4) is 0 Å². The second-order valence-corrected chi connectivity index (χ2v) is 10.6. The Morgan fingerprint density at radius 2 is 1.66 bits per heavy atom. The molecule has 0 saturated carbocycles. The smallest absolute Gasteiger partial charge is 0.244 e. The van der Waals surface area contributed by atoms with Gasteiger partial charge in [-0.1, -0.05) is 44.2 Å². The summed E-state index contributed by atoms with van der Waals surface area (Å²) < 4.78 is 31.7. The minimum Gasteiger partial charge on any atom is -0.497 e. The zero-order valence-corrected chi connectivity index (χ0v) is 22.3. The molecule has 0 spiro atoms. The van der Waals surface area contributed by atoms with Crippen LogP contribution in [0.5, 0.6) is 5.75 Å². The van der Waals surface area contributed by atoms with Gasteiger partial charge in [-0.25, -0.2) is 8.42 Å². The van der Waals surface area contributed by atoms with E-state index in [4.69, 9.17) is 4.74 Å². The molecule has 2 aromatic rings. The van der Waals surface area contributed by atoms with Crippen LogP contribution in [0.1, 0.15) is 44.7 Å². The van der Waals surface area contributed by atoms with Gasteiger partial charge in [0.25, 0.3) is 0 Å². The van der Waals surface area contributed by atoms with Crippen molar-refractivity contribution in [2.24, 2.45) is 0 Å². The summed E-state index contributed by atoms with van der Waals surface area (Å²) in [6.45, 7) is 7.25. The topological polar surface area (TPSA) is 96.0 Å². The Labute approximate surface area is 209 Å². The molecule has 1 N–H and O–H groups in total. The van der Waals surface area contributed by atoms with E-state index in [1.807, 2.05) is 39.0 Å². The molecule has 0 bridgehead atoms. The number of amides is 2. The molecule has 0 aromatic heterocycles. The highest BCUT2D eigenvalue weighted by Crippen LogP contribution is 2.23. The number of nitrogens with one attached hydrogen (secondary N) is 1. The molecular formula is C26H37N3O5S. The summed E-state index contributed by atoms with van der Waals surface area (Å²) >= 11 is 0. The Morgan fingerprint density at radius 1 is 1.03 bits per heavy atom. The van der Waals surface area contributed by atoms with Gasteiger partial charge >= 0.3 is 0 Å². The number of para-hydroxylation sites is 1. The SMILES string of the molecule is CC[C@H](C)NC(=O)[C@H](CC)N(Cc1ccc(OC)cc1)C(=O)CN(c1ccccc1C)S(C)(=O)=O. The number of hydrogen-bond acceptors (Lipinski definition) is 5. The van der Waals surface area contributed by atoms with E-state index in [0.717, 1.165) is 28.1 Å². The number of carbonyl (C=O) groups excluding carboxylic acids is 2. The van der Waals surface area contributed by atoms with Gasteiger partial charge in [0.1, 0.15) is 18.3 Å². The first-order valence-corrected chi connectivity index (χ1v) is 13.6. The van der Waals surface area contributed by atoms with E-state index >= 15 is 0 Å². The van der Waals surface area contributed by atoms with E-state index in [9.17, 15) is 18.0 Å². The molecule has 8 nitrogen and oxygen atoms in total. The Kier molecular flexibility index (Phi) is 10.1. The van der Waals surface area contributed by atoms with E-state index < -0.39 is 28.5 Å². The summed E-state index contributed by atoms with van der Waals surface area (Å²) in [5.41, 5.74) is 1.97. The number of nitrogens with zero attached hydrogens (tertiary/aromatic N) is 2. The maximum absolute atomic E-state index is 13.7. The molecule has 2 atom stereocenters. The number of carbonyl (C=O) groups is 2. The highest BCUT2D eigenvalue weighted by molar-refractivity contribution is 7.92. The molecule has 0 heterocycles. The summed E-state index contributed by atoms with van der Waals surface area (Å²) in [6, 6.07) is 13.4. The van der Waals surface area contributed by atoms with Crippen LogP contribution in [-0.2, 0) is 26.2 Å². The maximum Gasteiger partial charge on any atom is 0.244 e. The van der Waals surface area contributed by atoms with Crippen LogP contribution >= 0.6 is 0 Å². The standard InChI is InChI=1S/C26H37N3O5S/c1-7-20(4)27-26(31)23(8-2)28(17-21-13-15-22(34-5)16-14-21)25(30)18-29(35(6,32)33)24-12-10-9-11-19(24)3/h9-16,20,23H,7-8,17-18H2,1-6H3,(H,27,31)/t20-,23-/m0/s1. The lowest BCUT2D eigenvalue weighted by Crippen LogP contribution is -2.53. The number of anilines is 1. The van der Waals surface area contributed by atoms with Gasteiger partial charge in [0, 0.05) is 12.6 Å². The monoisotopic (exact) mass is 503 g/mol. The van der Waals surface area contributed by atoms with Crippen molar-refractivity contribution in [1.82, 2.24) is 10.2 Å². The number of sulfonamides is 1. The van der Waals surface area contributed by atoms with Crippen LogP contribution in [0.4, 0.5) is 5.69 Å².